The average molecular weight is 424 g/mol. The molecule has 0 aliphatic carbocycles. The van der Waals surface area contributed by atoms with E-state index in [4.69, 9.17) is 9.47 Å². The number of anilines is 1. The smallest absolute Gasteiger partial charge is 0.254 e. The Morgan fingerprint density at radius 1 is 1.31 bits per heavy atom. The number of rotatable bonds is 7. The van der Waals surface area contributed by atoms with E-state index in [0.29, 0.717) is 37.4 Å². The lowest BCUT2D eigenvalue weighted by Crippen LogP contribution is -2.29. The number of nitrogens with zero attached hydrogens (tertiary/aromatic N) is 1. The summed E-state index contributed by atoms with van der Waals surface area (Å²) in [4.78, 5) is 12.7. The molecule has 0 spiro atoms. The van der Waals surface area contributed by atoms with Crippen LogP contribution < -0.4 is 5.32 Å². The Labute approximate surface area is 169 Å². The predicted octanol–water partition coefficient (Wildman–Crippen LogP) is 2.84. The van der Waals surface area contributed by atoms with E-state index in [1.54, 1.807) is 25.5 Å². The van der Waals surface area contributed by atoms with Crippen molar-refractivity contribution in [1.82, 2.24) is 4.57 Å². The molecule has 1 aliphatic rings. The highest BCUT2D eigenvalue weighted by Crippen LogP contribution is 2.35. The van der Waals surface area contributed by atoms with Gasteiger partial charge in [-0.2, -0.15) is 0 Å². The molecular weight excluding hydrogens is 399 g/mol. The number of benzene rings is 1. The molecule has 1 aromatic carbocycles. The third-order valence-electron chi connectivity index (χ3n) is 5.15. The van der Waals surface area contributed by atoms with Crippen LogP contribution in [0.2, 0.25) is 0 Å². The standard InChI is InChI=1S/C20H25FN2O5S/c1-13-14(2)23(10-12-27-3)19(22-20(24)17-5-4-11-28-17)18(13)29(25,26)16-8-6-15(21)7-9-16/h6-9,17H,4-5,10-12H2,1-3H3,(H,22,24)/t17-/m1/s1. The monoisotopic (exact) mass is 424 g/mol. The molecule has 1 aliphatic heterocycles. The summed E-state index contributed by atoms with van der Waals surface area (Å²) in [5.41, 5.74) is 1.22. The van der Waals surface area contributed by atoms with Gasteiger partial charge in [0, 0.05) is 26.0 Å². The summed E-state index contributed by atoms with van der Waals surface area (Å²) in [7, 11) is -2.45. The van der Waals surface area contributed by atoms with Gasteiger partial charge in [-0.05, 0) is 56.5 Å². The Hall–Kier alpha value is -2.23. The molecule has 2 heterocycles. The van der Waals surface area contributed by atoms with E-state index in [9.17, 15) is 17.6 Å². The number of sulfone groups is 1. The van der Waals surface area contributed by atoms with Gasteiger partial charge in [-0.3, -0.25) is 4.79 Å². The molecule has 1 fully saturated rings. The van der Waals surface area contributed by atoms with Gasteiger partial charge >= 0.3 is 0 Å². The van der Waals surface area contributed by atoms with Crippen LogP contribution in [0.3, 0.4) is 0 Å². The minimum Gasteiger partial charge on any atom is -0.383 e. The largest absolute Gasteiger partial charge is 0.383 e. The first kappa shape index (κ1) is 21.5. The van der Waals surface area contributed by atoms with Gasteiger partial charge in [0.25, 0.3) is 5.91 Å². The van der Waals surface area contributed by atoms with E-state index in [2.05, 4.69) is 5.32 Å². The lowest BCUT2D eigenvalue weighted by atomic mass is 10.2. The first-order valence-corrected chi connectivity index (χ1v) is 10.9. The van der Waals surface area contributed by atoms with Gasteiger partial charge in [0.1, 0.15) is 22.6 Å². The van der Waals surface area contributed by atoms with E-state index in [0.717, 1.165) is 18.6 Å². The van der Waals surface area contributed by atoms with Crippen molar-refractivity contribution in [3.8, 4) is 0 Å². The number of carbonyl (C=O) groups is 1. The summed E-state index contributed by atoms with van der Waals surface area (Å²) < 4.78 is 52.4. The molecule has 1 N–H and O–H groups in total. The molecule has 0 saturated carbocycles. The van der Waals surface area contributed by atoms with Crippen molar-refractivity contribution < 1.29 is 27.1 Å². The van der Waals surface area contributed by atoms with Crippen molar-refractivity contribution in [2.75, 3.05) is 25.6 Å². The van der Waals surface area contributed by atoms with Crippen molar-refractivity contribution >= 4 is 21.6 Å². The maximum Gasteiger partial charge on any atom is 0.254 e. The normalized spacial score (nSPS) is 16.9. The summed E-state index contributed by atoms with van der Waals surface area (Å²) >= 11 is 0. The number of hydrogen-bond donors (Lipinski definition) is 1. The highest BCUT2D eigenvalue weighted by molar-refractivity contribution is 7.91. The molecule has 158 valence electrons. The van der Waals surface area contributed by atoms with Crippen LogP contribution in [0.15, 0.2) is 34.1 Å². The maximum atomic E-state index is 13.4. The van der Waals surface area contributed by atoms with E-state index < -0.39 is 21.8 Å². The second-order valence-electron chi connectivity index (χ2n) is 6.98. The van der Waals surface area contributed by atoms with Gasteiger partial charge in [-0.25, -0.2) is 12.8 Å². The molecule has 3 rings (SSSR count). The van der Waals surface area contributed by atoms with Crippen LogP contribution in [0, 0.1) is 19.7 Å². The Morgan fingerprint density at radius 3 is 2.59 bits per heavy atom. The Morgan fingerprint density at radius 2 is 2.00 bits per heavy atom. The van der Waals surface area contributed by atoms with Crippen molar-refractivity contribution in [2.24, 2.45) is 0 Å². The van der Waals surface area contributed by atoms with E-state index >= 15 is 0 Å². The summed E-state index contributed by atoms with van der Waals surface area (Å²) in [6, 6.07) is 4.64. The lowest BCUT2D eigenvalue weighted by molar-refractivity contribution is -0.124. The summed E-state index contributed by atoms with van der Waals surface area (Å²) in [5, 5.41) is 2.77. The minimum atomic E-state index is -4.00. The molecule has 1 saturated heterocycles. The second kappa shape index (κ2) is 8.64. The Kier molecular flexibility index (Phi) is 6.40. The third-order valence-corrected chi connectivity index (χ3v) is 7.08. The molecule has 29 heavy (non-hydrogen) atoms. The fourth-order valence-electron chi connectivity index (χ4n) is 3.46. The van der Waals surface area contributed by atoms with Crippen molar-refractivity contribution in [2.45, 2.75) is 49.1 Å². The van der Waals surface area contributed by atoms with Crippen LogP contribution >= 0.6 is 0 Å². The average Bonchev–Trinajstić information content (AvgIpc) is 3.29. The zero-order valence-corrected chi connectivity index (χ0v) is 17.5. The SMILES string of the molecule is COCCn1c(C)c(C)c(S(=O)(=O)c2ccc(F)cc2)c1NC(=O)[C@H]1CCCO1. The van der Waals surface area contributed by atoms with Gasteiger partial charge in [0.15, 0.2) is 0 Å². The summed E-state index contributed by atoms with van der Waals surface area (Å²) in [5.74, 6) is -0.725. The molecule has 1 atom stereocenters. The topological polar surface area (TPSA) is 86.6 Å². The Bertz CT molecular complexity index is 993. The highest BCUT2D eigenvalue weighted by atomic mass is 32.2. The van der Waals surface area contributed by atoms with Crippen molar-refractivity contribution in [3.63, 3.8) is 0 Å². The summed E-state index contributed by atoms with van der Waals surface area (Å²) in [6.45, 7) is 4.69. The molecule has 1 aromatic heterocycles. The van der Waals surface area contributed by atoms with Crippen LogP contribution in [0.25, 0.3) is 0 Å². The zero-order valence-electron chi connectivity index (χ0n) is 16.7. The molecule has 0 radical (unpaired) electrons. The molecule has 1 amide bonds. The number of methoxy groups -OCH3 is 1. The van der Waals surface area contributed by atoms with Crippen molar-refractivity contribution in [1.29, 1.82) is 0 Å². The van der Waals surface area contributed by atoms with Crippen LogP contribution in [0.1, 0.15) is 24.1 Å². The number of aromatic nitrogens is 1. The maximum absolute atomic E-state index is 13.4. The molecule has 0 unspecified atom stereocenters. The van der Waals surface area contributed by atoms with Crippen LogP contribution in [0.4, 0.5) is 10.2 Å². The lowest BCUT2D eigenvalue weighted by Gasteiger charge is -2.16. The van der Waals surface area contributed by atoms with Crippen molar-refractivity contribution in [3.05, 3.63) is 41.3 Å². The van der Waals surface area contributed by atoms with Gasteiger partial charge in [-0.1, -0.05) is 0 Å². The number of nitrogens with one attached hydrogen (secondary N) is 1. The first-order valence-electron chi connectivity index (χ1n) is 9.39. The van der Waals surface area contributed by atoms with Gasteiger partial charge in [0.2, 0.25) is 9.84 Å². The fourth-order valence-corrected chi connectivity index (χ4v) is 5.16. The minimum absolute atomic E-state index is 0.00376. The van der Waals surface area contributed by atoms with Crippen LogP contribution in [-0.4, -0.2) is 45.3 Å². The van der Waals surface area contributed by atoms with E-state index in [1.165, 1.54) is 12.1 Å². The second-order valence-corrected chi connectivity index (χ2v) is 8.87. The third kappa shape index (κ3) is 4.22. The summed E-state index contributed by atoms with van der Waals surface area (Å²) in [6.07, 6.45) is 0.757. The quantitative estimate of drug-likeness (QED) is 0.691. The predicted molar refractivity (Wildman–Crippen MR) is 105 cm³/mol. The first-order chi connectivity index (χ1) is 13.8. The molecule has 9 heteroatoms. The van der Waals surface area contributed by atoms with Crippen LogP contribution in [0.5, 0.6) is 0 Å². The highest BCUT2D eigenvalue weighted by Gasteiger charge is 2.32. The van der Waals surface area contributed by atoms with Gasteiger partial charge in [0.05, 0.1) is 11.5 Å². The number of carbonyl (C=O) groups excluding carboxylic acids is 1. The van der Waals surface area contributed by atoms with Gasteiger partial charge < -0.3 is 19.4 Å². The zero-order chi connectivity index (χ0) is 21.2. The number of hydrogen-bond acceptors (Lipinski definition) is 5. The van der Waals surface area contributed by atoms with Gasteiger partial charge in [-0.15, -0.1) is 0 Å². The van der Waals surface area contributed by atoms with E-state index in [-0.39, 0.29) is 21.5 Å². The molecule has 0 bridgehead atoms. The number of halogens is 1. The molecular formula is C20H25FN2O5S. The number of ether oxygens (including phenoxy) is 2. The Balaban J connectivity index is 2.11. The van der Waals surface area contributed by atoms with E-state index in [1.807, 2.05) is 0 Å². The molecule has 2 aromatic rings. The molecule has 7 nitrogen and oxygen atoms in total. The fraction of sp³-hybridized carbons (Fsp3) is 0.450. The number of amides is 1. The van der Waals surface area contributed by atoms with Crippen LogP contribution in [-0.2, 0) is 30.7 Å².